The SMILES string of the molecule is COC(=O)c1cc(NC(=O)C2(C)CCNC2)ccc1Cl. The Bertz CT molecular complexity index is 539. The monoisotopic (exact) mass is 296 g/mol. The van der Waals surface area contributed by atoms with Crippen molar-refractivity contribution in [2.24, 2.45) is 5.41 Å². The smallest absolute Gasteiger partial charge is 0.339 e. The molecule has 0 aliphatic carbocycles. The van der Waals surface area contributed by atoms with Crippen LogP contribution < -0.4 is 10.6 Å². The lowest BCUT2D eigenvalue weighted by Crippen LogP contribution is -2.35. The number of esters is 1. The van der Waals surface area contributed by atoms with E-state index in [9.17, 15) is 9.59 Å². The van der Waals surface area contributed by atoms with Crippen LogP contribution in [0.1, 0.15) is 23.7 Å². The second kappa shape index (κ2) is 5.81. The molecule has 1 saturated heterocycles. The molecule has 1 aromatic rings. The average molecular weight is 297 g/mol. The summed E-state index contributed by atoms with van der Waals surface area (Å²) in [6, 6.07) is 4.76. The van der Waals surface area contributed by atoms with Gasteiger partial charge >= 0.3 is 5.97 Å². The van der Waals surface area contributed by atoms with Gasteiger partial charge < -0.3 is 15.4 Å². The van der Waals surface area contributed by atoms with Crippen molar-refractivity contribution in [1.82, 2.24) is 5.32 Å². The zero-order chi connectivity index (χ0) is 14.8. The van der Waals surface area contributed by atoms with Gasteiger partial charge in [-0.3, -0.25) is 4.79 Å². The highest BCUT2D eigenvalue weighted by Gasteiger charge is 2.36. The van der Waals surface area contributed by atoms with Crippen LogP contribution in [0, 0.1) is 5.41 Å². The molecule has 1 heterocycles. The first-order valence-electron chi connectivity index (χ1n) is 6.36. The number of carbonyl (C=O) groups is 2. The van der Waals surface area contributed by atoms with Crippen molar-refractivity contribution in [3.63, 3.8) is 0 Å². The molecule has 6 heteroatoms. The normalized spacial score (nSPS) is 21.6. The molecular formula is C14H17ClN2O3. The number of hydrogen-bond donors (Lipinski definition) is 2. The molecule has 0 aromatic heterocycles. The van der Waals surface area contributed by atoms with E-state index in [1.807, 2.05) is 6.92 Å². The summed E-state index contributed by atoms with van der Waals surface area (Å²) >= 11 is 5.94. The van der Waals surface area contributed by atoms with Crippen molar-refractivity contribution in [3.8, 4) is 0 Å². The highest BCUT2D eigenvalue weighted by atomic mass is 35.5. The van der Waals surface area contributed by atoms with Gasteiger partial charge in [0, 0.05) is 12.2 Å². The summed E-state index contributed by atoms with van der Waals surface area (Å²) in [5, 5.41) is 6.29. The van der Waals surface area contributed by atoms with Crippen LogP contribution in [0.4, 0.5) is 5.69 Å². The highest BCUT2D eigenvalue weighted by Crippen LogP contribution is 2.27. The molecule has 1 aliphatic heterocycles. The molecule has 108 valence electrons. The van der Waals surface area contributed by atoms with Crippen molar-refractivity contribution in [2.45, 2.75) is 13.3 Å². The van der Waals surface area contributed by atoms with Gasteiger partial charge in [0.25, 0.3) is 0 Å². The fourth-order valence-corrected chi connectivity index (χ4v) is 2.36. The lowest BCUT2D eigenvalue weighted by molar-refractivity contribution is -0.123. The maximum Gasteiger partial charge on any atom is 0.339 e. The van der Waals surface area contributed by atoms with Crippen LogP contribution in [0.25, 0.3) is 0 Å². The number of rotatable bonds is 3. The molecule has 0 radical (unpaired) electrons. The maximum atomic E-state index is 12.3. The van der Waals surface area contributed by atoms with Gasteiger partial charge in [-0.1, -0.05) is 11.6 Å². The molecule has 0 bridgehead atoms. The molecular weight excluding hydrogens is 280 g/mol. The topological polar surface area (TPSA) is 67.4 Å². The summed E-state index contributed by atoms with van der Waals surface area (Å²) in [4.78, 5) is 23.8. The van der Waals surface area contributed by atoms with E-state index in [0.717, 1.165) is 13.0 Å². The van der Waals surface area contributed by atoms with Gasteiger partial charge in [0.05, 0.1) is 23.1 Å². The number of nitrogens with one attached hydrogen (secondary N) is 2. The molecule has 1 fully saturated rings. The van der Waals surface area contributed by atoms with Gasteiger partial charge in [0.1, 0.15) is 0 Å². The average Bonchev–Trinajstić information content (AvgIpc) is 2.88. The van der Waals surface area contributed by atoms with Crippen molar-refractivity contribution in [2.75, 3.05) is 25.5 Å². The Labute approximate surface area is 122 Å². The standard InChI is InChI=1S/C14H17ClN2O3/c1-14(5-6-16-8-14)13(19)17-9-3-4-11(15)10(7-9)12(18)20-2/h3-4,7,16H,5-6,8H2,1-2H3,(H,17,19). The van der Waals surface area contributed by atoms with Crippen LogP contribution in [0.3, 0.4) is 0 Å². The van der Waals surface area contributed by atoms with E-state index in [1.54, 1.807) is 12.1 Å². The number of anilines is 1. The first kappa shape index (κ1) is 14.8. The summed E-state index contributed by atoms with van der Waals surface area (Å²) in [5.74, 6) is -0.597. The van der Waals surface area contributed by atoms with Crippen molar-refractivity contribution < 1.29 is 14.3 Å². The molecule has 20 heavy (non-hydrogen) atoms. The highest BCUT2D eigenvalue weighted by molar-refractivity contribution is 6.33. The van der Waals surface area contributed by atoms with Gasteiger partial charge in [0.15, 0.2) is 0 Å². The quantitative estimate of drug-likeness (QED) is 0.838. The minimum absolute atomic E-state index is 0.0689. The van der Waals surface area contributed by atoms with Gasteiger partial charge in [-0.25, -0.2) is 4.79 Å². The van der Waals surface area contributed by atoms with Crippen LogP contribution in [-0.2, 0) is 9.53 Å². The summed E-state index contributed by atoms with van der Waals surface area (Å²) in [7, 11) is 1.29. The van der Waals surface area contributed by atoms with E-state index in [1.165, 1.54) is 13.2 Å². The second-order valence-corrected chi connectivity index (χ2v) is 5.53. The number of ether oxygens (including phenoxy) is 1. The van der Waals surface area contributed by atoms with E-state index >= 15 is 0 Å². The Kier molecular flexibility index (Phi) is 4.30. The third kappa shape index (κ3) is 2.94. The van der Waals surface area contributed by atoms with Crippen LogP contribution in [0.5, 0.6) is 0 Å². The first-order valence-corrected chi connectivity index (χ1v) is 6.74. The zero-order valence-electron chi connectivity index (χ0n) is 11.5. The predicted octanol–water partition coefficient (Wildman–Crippen LogP) is 2.06. The van der Waals surface area contributed by atoms with Gasteiger partial charge in [-0.2, -0.15) is 0 Å². The number of hydrogen-bond acceptors (Lipinski definition) is 4. The molecule has 0 spiro atoms. The molecule has 5 nitrogen and oxygen atoms in total. The Hall–Kier alpha value is -1.59. The summed E-state index contributed by atoms with van der Waals surface area (Å²) in [5.41, 5.74) is 0.347. The summed E-state index contributed by atoms with van der Waals surface area (Å²) in [6.07, 6.45) is 0.788. The van der Waals surface area contributed by atoms with Crippen LogP contribution in [-0.4, -0.2) is 32.1 Å². The summed E-state index contributed by atoms with van der Waals surface area (Å²) in [6.45, 7) is 3.40. The van der Waals surface area contributed by atoms with Crippen molar-refractivity contribution >= 4 is 29.2 Å². The Morgan fingerprint density at radius 1 is 1.45 bits per heavy atom. The molecule has 2 N–H and O–H groups in total. The number of amides is 1. The van der Waals surface area contributed by atoms with Gasteiger partial charge in [-0.05, 0) is 38.1 Å². The molecule has 1 amide bonds. The first-order chi connectivity index (χ1) is 9.46. The fraction of sp³-hybridized carbons (Fsp3) is 0.429. The van der Waals surface area contributed by atoms with Gasteiger partial charge in [0.2, 0.25) is 5.91 Å². The molecule has 2 rings (SSSR count). The van der Waals surface area contributed by atoms with Gasteiger partial charge in [-0.15, -0.1) is 0 Å². The maximum absolute atomic E-state index is 12.3. The fourth-order valence-electron chi connectivity index (χ4n) is 2.16. The minimum atomic E-state index is -0.528. The number of benzene rings is 1. The van der Waals surface area contributed by atoms with Crippen LogP contribution >= 0.6 is 11.6 Å². The lowest BCUT2D eigenvalue weighted by atomic mass is 9.88. The number of methoxy groups -OCH3 is 1. The third-order valence-electron chi connectivity index (χ3n) is 3.55. The lowest BCUT2D eigenvalue weighted by Gasteiger charge is -2.21. The summed E-state index contributed by atoms with van der Waals surface area (Å²) < 4.78 is 4.65. The van der Waals surface area contributed by atoms with E-state index in [-0.39, 0.29) is 11.5 Å². The minimum Gasteiger partial charge on any atom is -0.465 e. The zero-order valence-corrected chi connectivity index (χ0v) is 12.2. The third-order valence-corrected chi connectivity index (χ3v) is 3.88. The van der Waals surface area contributed by atoms with E-state index in [0.29, 0.717) is 17.3 Å². The number of halogens is 1. The number of carbonyl (C=O) groups excluding carboxylic acids is 2. The Morgan fingerprint density at radius 2 is 2.20 bits per heavy atom. The van der Waals surface area contributed by atoms with Crippen molar-refractivity contribution in [3.05, 3.63) is 28.8 Å². The largest absolute Gasteiger partial charge is 0.465 e. The molecule has 1 aromatic carbocycles. The second-order valence-electron chi connectivity index (χ2n) is 5.13. The van der Waals surface area contributed by atoms with Crippen LogP contribution in [0.15, 0.2) is 18.2 Å². The molecule has 1 unspecified atom stereocenters. The molecule has 1 aliphatic rings. The van der Waals surface area contributed by atoms with Crippen molar-refractivity contribution in [1.29, 1.82) is 0 Å². The Balaban J connectivity index is 2.17. The van der Waals surface area contributed by atoms with E-state index < -0.39 is 11.4 Å². The molecule has 0 saturated carbocycles. The van der Waals surface area contributed by atoms with E-state index in [4.69, 9.17) is 11.6 Å². The molecule has 1 atom stereocenters. The van der Waals surface area contributed by atoms with Crippen LogP contribution in [0.2, 0.25) is 5.02 Å². The van der Waals surface area contributed by atoms with E-state index in [2.05, 4.69) is 15.4 Å². The predicted molar refractivity (Wildman–Crippen MR) is 77.0 cm³/mol. The Morgan fingerprint density at radius 3 is 2.80 bits per heavy atom.